The molecule has 0 heterocycles. The summed E-state index contributed by atoms with van der Waals surface area (Å²) >= 11 is 0. The van der Waals surface area contributed by atoms with E-state index in [1.165, 1.54) is 11.3 Å². The van der Waals surface area contributed by atoms with Gasteiger partial charge in [-0.15, -0.1) is 0 Å². The van der Waals surface area contributed by atoms with Crippen LogP contribution in [0.1, 0.15) is 72.6 Å². The summed E-state index contributed by atoms with van der Waals surface area (Å²) in [5, 5.41) is 12.2. The molecule has 6 nitrogen and oxygen atoms in total. The molecule has 0 unspecified atom stereocenters. The van der Waals surface area contributed by atoms with Crippen molar-refractivity contribution in [3.63, 3.8) is 0 Å². The Kier molecular flexibility index (Phi) is 5.97. The molecule has 0 bridgehead atoms. The number of hydrogen-bond acceptors (Lipinski definition) is 4. The Morgan fingerprint density at radius 3 is 2.36 bits per heavy atom. The van der Waals surface area contributed by atoms with Crippen molar-refractivity contribution >= 4 is 12.0 Å². The van der Waals surface area contributed by atoms with Crippen LogP contribution in [0.3, 0.4) is 0 Å². The Morgan fingerprint density at radius 2 is 1.88 bits per heavy atom. The molecule has 0 aliphatic heterocycles. The molecule has 0 aromatic heterocycles. The van der Waals surface area contributed by atoms with E-state index < -0.39 is 11.7 Å². The standard InChI is InChI=1S/C19H31N3O3/c1-18(2,3)25-17(24)21-12-15(19(4)10-6-5-7-11-19)16(23)22(13-20)14-8-9-14/h14-15H,5-12H2,1-4H3,(H,21,24)/t15-/m1/s1. The zero-order chi connectivity index (χ0) is 18.7. The van der Waals surface area contributed by atoms with Gasteiger partial charge in [-0.3, -0.25) is 4.79 Å². The van der Waals surface area contributed by atoms with Gasteiger partial charge in [0.15, 0.2) is 6.19 Å². The zero-order valence-electron chi connectivity index (χ0n) is 15.9. The second-order valence-electron chi connectivity index (χ2n) is 8.69. The lowest BCUT2D eigenvalue weighted by Gasteiger charge is -2.41. The van der Waals surface area contributed by atoms with E-state index in [-0.39, 0.29) is 29.8 Å². The largest absolute Gasteiger partial charge is 0.444 e. The average Bonchev–Trinajstić information content (AvgIpc) is 3.31. The minimum atomic E-state index is -0.578. The Balaban J connectivity index is 2.10. The van der Waals surface area contributed by atoms with Gasteiger partial charge in [0.05, 0.1) is 5.92 Å². The smallest absolute Gasteiger partial charge is 0.407 e. The second-order valence-corrected chi connectivity index (χ2v) is 8.69. The molecule has 25 heavy (non-hydrogen) atoms. The zero-order valence-corrected chi connectivity index (χ0v) is 15.9. The normalized spacial score (nSPS) is 20.9. The minimum absolute atomic E-state index is 0.0497. The number of hydrogen-bond donors (Lipinski definition) is 1. The summed E-state index contributed by atoms with van der Waals surface area (Å²) in [6.45, 7) is 7.76. The predicted octanol–water partition coefficient (Wildman–Crippen LogP) is 3.57. The maximum atomic E-state index is 13.1. The number of alkyl carbamates (subject to hydrolysis) is 1. The SMILES string of the molecule is CC(C)(C)OC(=O)NC[C@H](C(=O)N(C#N)C1CC1)C1(C)CCCCC1. The number of amides is 2. The molecule has 0 aromatic carbocycles. The van der Waals surface area contributed by atoms with Crippen LogP contribution in [0.5, 0.6) is 0 Å². The van der Waals surface area contributed by atoms with Crippen LogP contribution in [0.4, 0.5) is 4.79 Å². The maximum absolute atomic E-state index is 13.1. The Bertz CT molecular complexity index is 537. The van der Waals surface area contributed by atoms with Gasteiger partial charge in [-0.2, -0.15) is 5.26 Å². The van der Waals surface area contributed by atoms with E-state index in [9.17, 15) is 14.9 Å². The summed E-state index contributed by atoms with van der Waals surface area (Å²) in [7, 11) is 0. The Labute approximate surface area is 150 Å². The van der Waals surface area contributed by atoms with Crippen molar-refractivity contribution in [2.45, 2.75) is 84.3 Å². The van der Waals surface area contributed by atoms with E-state index in [2.05, 4.69) is 18.4 Å². The first kappa shape index (κ1) is 19.6. The molecule has 1 atom stereocenters. The van der Waals surface area contributed by atoms with Gasteiger partial charge in [0.25, 0.3) is 0 Å². The molecule has 2 saturated carbocycles. The summed E-state index contributed by atoms with van der Waals surface area (Å²) in [5.74, 6) is -0.536. The second kappa shape index (κ2) is 7.63. The van der Waals surface area contributed by atoms with E-state index in [0.29, 0.717) is 0 Å². The molecule has 6 heteroatoms. The maximum Gasteiger partial charge on any atom is 0.407 e. The number of carbonyl (C=O) groups excluding carboxylic acids is 2. The minimum Gasteiger partial charge on any atom is -0.444 e. The van der Waals surface area contributed by atoms with Crippen molar-refractivity contribution in [1.29, 1.82) is 5.26 Å². The Hall–Kier alpha value is -1.77. The molecule has 0 radical (unpaired) electrons. The number of nitrogens with zero attached hydrogens (tertiary/aromatic N) is 2. The highest BCUT2D eigenvalue weighted by Crippen LogP contribution is 2.43. The molecule has 2 aliphatic rings. The highest BCUT2D eigenvalue weighted by atomic mass is 16.6. The molecule has 2 amide bonds. The van der Waals surface area contributed by atoms with Crippen LogP contribution in [-0.4, -0.2) is 35.1 Å². The van der Waals surface area contributed by atoms with Gasteiger partial charge in [0.1, 0.15) is 5.60 Å². The number of nitriles is 1. The lowest BCUT2D eigenvalue weighted by Crippen LogP contribution is -2.49. The highest BCUT2D eigenvalue weighted by molar-refractivity contribution is 5.82. The highest BCUT2D eigenvalue weighted by Gasteiger charge is 2.45. The van der Waals surface area contributed by atoms with Gasteiger partial charge in [-0.05, 0) is 51.9 Å². The molecule has 0 aromatic rings. The Morgan fingerprint density at radius 1 is 1.28 bits per heavy atom. The van der Waals surface area contributed by atoms with Gasteiger partial charge < -0.3 is 10.1 Å². The summed E-state index contributed by atoms with van der Waals surface area (Å²) in [5.41, 5.74) is -0.765. The first-order chi connectivity index (χ1) is 11.7. The van der Waals surface area contributed by atoms with E-state index in [1.807, 2.05) is 20.8 Å². The van der Waals surface area contributed by atoms with Gasteiger partial charge in [0.2, 0.25) is 5.91 Å². The van der Waals surface area contributed by atoms with Crippen LogP contribution in [-0.2, 0) is 9.53 Å². The van der Waals surface area contributed by atoms with Gasteiger partial charge in [-0.1, -0.05) is 26.2 Å². The van der Waals surface area contributed by atoms with Crippen molar-refractivity contribution in [3.8, 4) is 6.19 Å². The average molecular weight is 349 g/mol. The summed E-state index contributed by atoms with van der Waals surface area (Å²) < 4.78 is 5.29. The molecule has 1 N–H and O–H groups in total. The van der Waals surface area contributed by atoms with Gasteiger partial charge >= 0.3 is 6.09 Å². The van der Waals surface area contributed by atoms with Crippen molar-refractivity contribution in [3.05, 3.63) is 0 Å². The third-order valence-electron chi connectivity index (χ3n) is 5.24. The van der Waals surface area contributed by atoms with E-state index in [0.717, 1.165) is 38.5 Å². The van der Waals surface area contributed by atoms with E-state index in [4.69, 9.17) is 4.74 Å². The fraction of sp³-hybridized carbons (Fsp3) is 0.842. The lowest BCUT2D eigenvalue weighted by atomic mass is 9.66. The van der Waals surface area contributed by atoms with Crippen LogP contribution in [0, 0.1) is 22.8 Å². The van der Waals surface area contributed by atoms with Crippen molar-refractivity contribution in [1.82, 2.24) is 10.2 Å². The number of ether oxygens (including phenoxy) is 1. The van der Waals surface area contributed by atoms with Crippen LogP contribution in [0.25, 0.3) is 0 Å². The van der Waals surface area contributed by atoms with E-state index >= 15 is 0 Å². The van der Waals surface area contributed by atoms with Crippen LogP contribution >= 0.6 is 0 Å². The van der Waals surface area contributed by atoms with Gasteiger partial charge in [0, 0.05) is 12.6 Å². The molecular formula is C19H31N3O3. The van der Waals surface area contributed by atoms with Crippen molar-refractivity contribution in [2.24, 2.45) is 11.3 Å². The van der Waals surface area contributed by atoms with E-state index in [1.54, 1.807) is 0 Å². The van der Waals surface area contributed by atoms with Crippen LogP contribution in [0.2, 0.25) is 0 Å². The van der Waals surface area contributed by atoms with Gasteiger partial charge in [-0.25, -0.2) is 9.69 Å². The van der Waals surface area contributed by atoms with Crippen LogP contribution in [0.15, 0.2) is 0 Å². The fourth-order valence-corrected chi connectivity index (χ4v) is 3.65. The molecule has 140 valence electrons. The number of nitrogens with one attached hydrogen (secondary N) is 1. The topological polar surface area (TPSA) is 82.4 Å². The van der Waals surface area contributed by atoms with Crippen LogP contribution < -0.4 is 5.32 Å². The molecule has 2 rings (SSSR count). The van der Waals surface area contributed by atoms with Crippen molar-refractivity contribution < 1.29 is 14.3 Å². The first-order valence-corrected chi connectivity index (χ1v) is 9.36. The molecule has 2 aliphatic carbocycles. The molecule has 0 spiro atoms. The fourth-order valence-electron chi connectivity index (χ4n) is 3.65. The third kappa shape index (κ3) is 5.35. The summed E-state index contributed by atoms with van der Waals surface area (Å²) in [4.78, 5) is 26.4. The third-order valence-corrected chi connectivity index (χ3v) is 5.24. The summed E-state index contributed by atoms with van der Waals surface area (Å²) in [6, 6.07) is 0.0497. The monoisotopic (exact) mass is 349 g/mol. The summed E-state index contributed by atoms with van der Waals surface area (Å²) in [6.07, 6.45) is 8.58. The molecule has 0 saturated heterocycles. The number of rotatable bonds is 5. The predicted molar refractivity (Wildman–Crippen MR) is 94.4 cm³/mol. The van der Waals surface area contributed by atoms with Crippen molar-refractivity contribution in [2.75, 3.05) is 6.54 Å². The lowest BCUT2D eigenvalue weighted by molar-refractivity contribution is -0.137. The quantitative estimate of drug-likeness (QED) is 0.607. The molecule has 2 fully saturated rings. The first-order valence-electron chi connectivity index (χ1n) is 9.36. The molecular weight excluding hydrogens is 318 g/mol. The number of carbonyl (C=O) groups is 2.